The first kappa shape index (κ1) is 12.5. The maximum Gasteiger partial charge on any atom is 0.0722 e. The van der Waals surface area contributed by atoms with Gasteiger partial charge in [-0.05, 0) is 30.4 Å². The quantitative estimate of drug-likeness (QED) is 0.855. The van der Waals surface area contributed by atoms with Crippen LogP contribution in [0, 0.1) is 11.8 Å². The second-order valence-corrected chi connectivity index (χ2v) is 5.89. The molecule has 2 nitrogen and oxygen atoms in total. The molecule has 3 atom stereocenters. The van der Waals surface area contributed by atoms with E-state index >= 15 is 0 Å². The Morgan fingerprint density at radius 3 is 2.84 bits per heavy atom. The number of hydrogen-bond donors (Lipinski definition) is 1. The van der Waals surface area contributed by atoms with Crippen LogP contribution in [0.2, 0.25) is 0 Å². The number of benzene rings is 1. The first-order valence-electron chi connectivity index (χ1n) is 7.36. The van der Waals surface area contributed by atoms with Crippen LogP contribution in [-0.2, 0) is 0 Å². The SMILES string of the molecule is CC1CCCC(Nc2ccnc3ccccc23)C1C. The van der Waals surface area contributed by atoms with Crippen molar-refractivity contribution in [2.24, 2.45) is 11.8 Å². The predicted octanol–water partition coefficient (Wildman–Crippen LogP) is 4.47. The summed E-state index contributed by atoms with van der Waals surface area (Å²) in [6.45, 7) is 4.76. The number of rotatable bonds is 2. The molecule has 1 aliphatic rings. The molecular weight excluding hydrogens is 232 g/mol. The number of aromatic nitrogens is 1. The lowest BCUT2D eigenvalue weighted by atomic mass is 9.78. The van der Waals surface area contributed by atoms with Crippen molar-refractivity contribution in [1.29, 1.82) is 0 Å². The van der Waals surface area contributed by atoms with Crippen molar-refractivity contribution in [3.8, 4) is 0 Å². The van der Waals surface area contributed by atoms with Crippen molar-refractivity contribution in [3.63, 3.8) is 0 Å². The van der Waals surface area contributed by atoms with Crippen molar-refractivity contribution in [2.45, 2.75) is 39.2 Å². The third-order valence-electron chi connectivity index (χ3n) is 4.70. The average molecular weight is 254 g/mol. The Labute approximate surface area is 115 Å². The summed E-state index contributed by atoms with van der Waals surface area (Å²) in [5.41, 5.74) is 2.31. The zero-order chi connectivity index (χ0) is 13.2. The molecule has 1 aromatic carbocycles. The number of fused-ring (bicyclic) bond motifs is 1. The minimum absolute atomic E-state index is 0.592. The van der Waals surface area contributed by atoms with Gasteiger partial charge in [0, 0.05) is 23.3 Å². The fraction of sp³-hybridized carbons (Fsp3) is 0.471. The van der Waals surface area contributed by atoms with E-state index in [0.29, 0.717) is 6.04 Å². The van der Waals surface area contributed by atoms with Gasteiger partial charge < -0.3 is 5.32 Å². The number of pyridine rings is 1. The van der Waals surface area contributed by atoms with Crippen LogP contribution in [0.5, 0.6) is 0 Å². The number of para-hydroxylation sites is 1. The van der Waals surface area contributed by atoms with Gasteiger partial charge in [-0.15, -0.1) is 0 Å². The van der Waals surface area contributed by atoms with E-state index in [9.17, 15) is 0 Å². The summed E-state index contributed by atoms with van der Waals surface area (Å²) in [6, 6.07) is 11.1. The highest BCUT2D eigenvalue weighted by Gasteiger charge is 2.27. The summed E-state index contributed by atoms with van der Waals surface area (Å²) in [7, 11) is 0. The largest absolute Gasteiger partial charge is 0.381 e. The van der Waals surface area contributed by atoms with Crippen LogP contribution < -0.4 is 5.32 Å². The normalized spacial score (nSPS) is 27.4. The van der Waals surface area contributed by atoms with E-state index in [-0.39, 0.29) is 0 Å². The van der Waals surface area contributed by atoms with Gasteiger partial charge in [0.05, 0.1) is 5.52 Å². The molecule has 1 fully saturated rings. The van der Waals surface area contributed by atoms with Gasteiger partial charge in [-0.25, -0.2) is 0 Å². The molecule has 0 radical (unpaired) electrons. The predicted molar refractivity (Wildman–Crippen MR) is 81.3 cm³/mol. The van der Waals surface area contributed by atoms with Gasteiger partial charge in [-0.3, -0.25) is 4.98 Å². The summed E-state index contributed by atoms with van der Waals surface area (Å²) in [6.07, 6.45) is 5.90. The molecule has 0 bridgehead atoms. The van der Waals surface area contributed by atoms with E-state index in [2.05, 4.69) is 48.4 Å². The van der Waals surface area contributed by atoms with Crippen molar-refractivity contribution in [2.75, 3.05) is 5.32 Å². The van der Waals surface area contributed by atoms with Crippen LogP contribution in [0.15, 0.2) is 36.5 Å². The molecule has 19 heavy (non-hydrogen) atoms. The van der Waals surface area contributed by atoms with Gasteiger partial charge >= 0.3 is 0 Å². The van der Waals surface area contributed by atoms with Crippen LogP contribution in [-0.4, -0.2) is 11.0 Å². The van der Waals surface area contributed by atoms with Gasteiger partial charge in [-0.2, -0.15) is 0 Å². The number of hydrogen-bond acceptors (Lipinski definition) is 2. The summed E-state index contributed by atoms with van der Waals surface area (Å²) < 4.78 is 0. The Balaban J connectivity index is 1.89. The second kappa shape index (κ2) is 5.20. The average Bonchev–Trinajstić information content (AvgIpc) is 2.44. The van der Waals surface area contributed by atoms with Crippen LogP contribution in [0.4, 0.5) is 5.69 Å². The van der Waals surface area contributed by atoms with Crippen LogP contribution >= 0.6 is 0 Å². The Kier molecular flexibility index (Phi) is 3.41. The highest BCUT2D eigenvalue weighted by molar-refractivity contribution is 5.90. The lowest BCUT2D eigenvalue weighted by Crippen LogP contribution is -2.35. The molecule has 1 aliphatic carbocycles. The molecule has 1 saturated carbocycles. The summed E-state index contributed by atoms with van der Waals surface area (Å²) >= 11 is 0. The van der Waals surface area contributed by atoms with Crippen LogP contribution in [0.3, 0.4) is 0 Å². The molecule has 2 aromatic rings. The fourth-order valence-corrected chi connectivity index (χ4v) is 3.21. The van der Waals surface area contributed by atoms with Crippen molar-refractivity contribution >= 4 is 16.6 Å². The smallest absolute Gasteiger partial charge is 0.0722 e. The molecule has 100 valence electrons. The summed E-state index contributed by atoms with van der Waals surface area (Å²) in [4.78, 5) is 4.43. The molecule has 0 spiro atoms. The molecule has 0 aliphatic heterocycles. The third-order valence-corrected chi connectivity index (χ3v) is 4.70. The molecule has 3 unspecified atom stereocenters. The number of anilines is 1. The molecule has 2 heteroatoms. The number of nitrogens with zero attached hydrogens (tertiary/aromatic N) is 1. The Morgan fingerprint density at radius 1 is 1.11 bits per heavy atom. The highest BCUT2D eigenvalue weighted by atomic mass is 14.9. The minimum Gasteiger partial charge on any atom is -0.381 e. The zero-order valence-electron chi connectivity index (χ0n) is 11.8. The summed E-state index contributed by atoms with van der Waals surface area (Å²) in [5, 5.41) is 5.00. The van der Waals surface area contributed by atoms with Crippen molar-refractivity contribution in [1.82, 2.24) is 4.98 Å². The third kappa shape index (κ3) is 2.44. The Morgan fingerprint density at radius 2 is 1.95 bits per heavy atom. The lowest BCUT2D eigenvalue weighted by Gasteiger charge is -2.35. The molecule has 1 aromatic heterocycles. The van der Waals surface area contributed by atoms with Crippen molar-refractivity contribution in [3.05, 3.63) is 36.5 Å². The van der Waals surface area contributed by atoms with E-state index in [1.807, 2.05) is 12.3 Å². The van der Waals surface area contributed by atoms with E-state index in [4.69, 9.17) is 0 Å². The molecule has 1 N–H and O–H groups in total. The van der Waals surface area contributed by atoms with Gasteiger partial charge in [0.15, 0.2) is 0 Å². The topological polar surface area (TPSA) is 24.9 Å². The first-order valence-corrected chi connectivity index (χ1v) is 7.36. The second-order valence-electron chi connectivity index (χ2n) is 5.89. The molecule has 1 heterocycles. The molecular formula is C17H22N2. The minimum atomic E-state index is 0.592. The zero-order valence-corrected chi connectivity index (χ0v) is 11.8. The Bertz CT molecular complexity index is 559. The standard InChI is InChI=1S/C17H22N2/c1-12-6-5-9-15(13(12)2)19-17-10-11-18-16-8-4-3-7-14(16)17/h3-4,7-8,10-13,15H,5-6,9H2,1-2H3,(H,18,19). The van der Waals surface area contributed by atoms with E-state index in [1.165, 1.54) is 30.3 Å². The Hall–Kier alpha value is -1.57. The molecule has 3 rings (SSSR count). The maximum atomic E-state index is 4.43. The molecule has 0 amide bonds. The van der Waals surface area contributed by atoms with E-state index in [1.54, 1.807) is 0 Å². The maximum absolute atomic E-state index is 4.43. The van der Waals surface area contributed by atoms with E-state index in [0.717, 1.165) is 17.4 Å². The number of nitrogens with one attached hydrogen (secondary N) is 1. The van der Waals surface area contributed by atoms with Gasteiger partial charge in [0.25, 0.3) is 0 Å². The van der Waals surface area contributed by atoms with Crippen LogP contribution in [0.1, 0.15) is 33.1 Å². The van der Waals surface area contributed by atoms with Gasteiger partial charge in [0.1, 0.15) is 0 Å². The first-order chi connectivity index (χ1) is 9.25. The van der Waals surface area contributed by atoms with E-state index < -0.39 is 0 Å². The van der Waals surface area contributed by atoms with Crippen molar-refractivity contribution < 1.29 is 0 Å². The van der Waals surface area contributed by atoms with Gasteiger partial charge in [0.2, 0.25) is 0 Å². The molecule has 0 saturated heterocycles. The summed E-state index contributed by atoms with van der Waals surface area (Å²) in [5.74, 6) is 1.56. The van der Waals surface area contributed by atoms with Crippen LogP contribution in [0.25, 0.3) is 10.9 Å². The lowest BCUT2D eigenvalue weighted by molar-refractivity contribution is 0.253. The highest BCUT2D eigenvalue weighted by Crippen LogP contribution is 2.32. The monoisotopic (exact) mass is 254 g/mol. The van der Waals surface area contributed by atoms with Gasteiger partial charge in [-0.1, -0.05) is 44.9 Å². The fourth-order valence-electron chi connectivity index (χ4n) is 3.21.